The van der Waals surface area contributed by atoms with Crippen LogP contribution in [0.5, 0.6) is 0 Å². The number of carbonyl (C=O) groups is 2. The van der Waals surface area contributed by atoms with Gasteiger partial charge in [-0.3, -0.25) is 9.59 Å². The molecule has 1 saturated heterocycles. The summed E-state index contributed by atoms with van der Waals surface area (Å²) in [7, 11) is 0. The molecular formula is C30H28MgN4O3-2. The van der Waals surface area contributed by atoms with E-state index in [0.717, 1.165) is 56.5 Å². The molecule has 1 fully saturated rings. The van der Waals surface area contributed by atoms with Gasteiger partial charge in [0.2, 0.25) is 0 Å². The molecule has 8 heteroatoms. The third kappa shape index (κ3) is 3.68. The van der Waals surface area contributed by atoms with Gasteiger partial charge in [-0.1, -0.05) is 65.5 Å². The molecule has 7 nitrogen and oxygen atoms in total. The van der Waals surface area contributed by atoms with Crippen molar-refractivity contribution in [3.63, 3.8) is 0 Å². The van der Waals surface area contributed by atoms with Gasteiger partial charge >= 0.3 is 29.0 Å². The summed E-state index contributed by atoms with van der Waals surface area (Å²) in [5.41, 5.74) is 10.2. The minimum atomic E-state index is -1.28. The number of rotatable bonds is 2. The molecule has 0 aromatic carbocycles. The van der Waals surface area contributed by atoms with Crippen molar-refractivity contribution in [1.29, 1.82) is 0 Å². The second-order valence-electron chi connectivity index (χ2n) is 10.4. The fraction of sp³-hybridized carbons (Fsp3) is 0.333. The molecule has 1 aliphatic carbocycles. The Morgan fingerprint density at radius 1 is 0.921 bits per heavy atom. The number of carboxylic acid groups (broad SMARTS) is 1. The maximum Gasteiger partial charge on any atom is 2.00 e. The number of carbonyl (C=O) groups excluding carboxylic acids is 1. The van der Waals surface area contributed by atoms with Crippen molar-refractivity contribution in [2.45, 2.75) is 54.4 Å². The van der Waals surface area contributed by atoms with Gasteiger partial charge in [0, 0.05) is 5.56 Å². The van der Waals surface area contributed by atoms with E-state index >= 15 is 0 Å². The van der Waals surface area contributed by atoms with E-state index in [1.54, 1.807) is 0 Å². The van der Waals surface area contributed by atoms with Crippen LogP contribution in [-0.4, -0.2) is 39.9 Å². The molecule has 0 spiro atoms. The first-order valence-electron chi connectivity index (χ1n) is 12.7. The molecule has 0 amide bonds. The van der Waals surface area contributed by atoms with Crippen molar-refractivity contribution in [2.75, 3.05) is 0 Å². The van der Waals surface area contributed by atoms with Crippen LogP contribution in [-0.2, 0) is 11.2 Å². The molecule has 8 bridgehead atoms. The van der Waals surface area contributed by atoms with Crippen molar-refractivity contribution in [3.8, 4) is 0 Å². The van der Waals surface area contributed by atoms with Crippen molar-refractivity contribution < 1.29 is 14.7 Å². The molecule has 38 heavy (non-hydrogen) atoms. The molecule has 2 aliphatic heterocycles. The minimum Gasteiger partial charge on any atom is -0.664 e. The molecular weight excluding hydrogens is 489 g/mol. The fourth-order valence-electron chi connectivity index (χ4n) is 5.90. The number of fused-ring (bicyclic) bond motifs is 7. The molecule has 5 heterocycles. The monoisotopic (exact) mass is 516 g/mol. The zero-order valence-corrected chi connectivity index (χ0v) is 24.0. The van der Waals surface area contributed by atoms with Gasteiger partial charge in [-0.05, 0) is 46.5 Å². The summed E-state index contributed by atoms with van der Waals surface area (Å²) in [6, 6.07) is 0. The molecule has 3 aliphatic rings. The van der Waals surface area contributed by atoms with E-state index in [-0.39, 0.29) is 29.0 Å². The molecule has 0 saturated carbocycles. The first-order valence-corrected chi connectivity index (χ1v) is 12.7. The summed E-state index contributed by atoms with van der Waals surface area (Å²) in [4.78, 5) is 40.5. The Labute approximate surface area is 237 Å². The molecule has 2 atom stereocenters. The van der Waals surface area contributed by atoms with Crippen LogP contribution in [0.3, 0.4) is 0 Å². The van der Waals surface area contributed by atoms with Crippen LogP contribution in [0.4, 0.5) is 0 Å². The van der Waals surface area contributed by atoms with Crippen LogP contribution in [0.1, 0.15) is 81.2 Å². The number of aromatic nitrogens is 3. The van der Waals surface area contributed by atoms with E-state index in [2.05, 4.69) is 34.6 Å². The number of Topliss-reactive ketones (excluding diaryl/α,β-unsaturated/α-hetero) is 1. The van der Waals surface area contributed by atoms with Crippen molar-refractivity contribution in [2.24, 2.45) is 11.8 Å². The largest absolute Gasteiger partial charge is 2.00 e. The zero-order valence-electron chi connectivity index (χ0n) is 22.6. The molecule has 0 unspecified atom stereocenters. The summed E-state index contributed by atoms with van der Waals surface area (Å²) < 4.78 is 0. The quantitative estimate of drug-likeness (QED) is 0.414. The van der Waals surface area contributed by atoms with Crippen molar-refractivity contribution in [1.82, 2.24) is 15.0 Å². The molecule has 190 valence electrons. The predicted octanol–water partition coefficient (Wildman–Crippen LogP) is 3.01. The standard InChI is InChI=1S/C30H30N4O3.Mg/c1-7-17-15(5)21-10-20-14(4)13(3)19(32-20)9-18-12(2)8-24(31-18)26-27(30(36)37)29(35)25-16(6)22(34-28(25)26)11-23(17)33-21;/h9-12,27H,7-8H2,1-6H3,(H3,31,34,35,36,37);/q-2;+2/p-2/b18-9-,21-10-,23-11-;/t12-,27+;/m0./s1. The first-order chi connectivity index (χ1) is 17.6. The van der Waals surface area contributed by atoms with Gasteiger partial charge in [0.1, 0.15) is 5.92 Å². The maximum atomic E-state index is 13.4. The molecule has 1 N–H and O–H groups in total. The van der Waals surface area contributed by atoms with Crippen molar-refractivity contribution >= 4 is 58.6 Å². The van der Waals surface area contributed by atoms with Gasteiger partial charge < -0.3 is 25.4 Å². The number of aliphatic carboxylic acids is 1. The summed E-state index contributed by atoms with van der Waals surface area (Å²) in [6.07, 6.45) is 7.32. The van der Waals surface area contributed by atoms with Crippen LogP contribution in [0.15, 0.2) is 11.4 Å². The van der Waals surface area contributed by atoms with E-state index in [0.29, 0.717) is 40.2 Å². The Morgan fingerprint density at radius 2 is 1.55 bits per heavy atom. The Hall–Kier alpha value is -3.23. The molecule has 3 aromatic heterocycles. The Balaban J connectivity index is 0.00000294. The van der Waals surface area contributed by atoms with Gasteiger partial charge in [-0.15, -0.1) is 33.5 Å². The maximum absolute atomic E-state index is 13.4. The van der Waals surface area contributed by atoms with Crippen LogP contribution >= 0.6 is 0 Å². The number of nitrogens with zero attached hydrogens (tertiary/aromatic N) is 4. The van der Waals surface area contributed by atoms with Gasteiger partial charge in [-0.2, -0.15) is 11.4 Å². The number of allylic oxidation sites excluding steroid dienone is 2. The van der Waals surface area contributed by atoms with Crippen LogP contribution in [0.2, 0.25) is 0 Å². The van der Waals surface area contributed by atoms with Crippen molar-refractivity contribution in [3.05, 3.63) is 83.6 Å². The second-order valence-corrected chi connectivity index (χ2v) is 10.4. The van der Waals surface area contributed by atoms with Gasteiger partial charge in [0.15, 0.2) is 5.78 Å². The predicted molar refractivity (Wildman–Crippen MR) is 147 cm³/mol. The zero-order chi connectivity index (χ0) is 26.3. The van der Waals surface area contributed by atoms with E-state index in [9.17, 15) is 14.7 Å². The molecule has 3 aromatic rings. The van der Waals surface area contributed by atoms with E-state index in [4.69, 9.17) is 20.3 Å². The summed E-state index contributed by atoms with van der Waals surface area (Å²) in [5, 5.41) is 16.6. The van der Waals surface area contributed by atoms with Gasteiger partial charge in [0.25, 0.3) is 0 Å². The molecule has 6 rings (SSSR count). The Kier molecular flexibility index (Phi) is 6.39. The first kappa shape index (κ1) is 26.4. The van der Waals surface area contributed by atoms with Gasteiger partial charge in [0.05, 0.1) is 0 Å². The number of hydrogen-bond donors (Lipinski definition) is 1. The average molecular weight is 517 g/mol. The second kappa shape index (κ2) is 9.20. The Bertz CT molecular complexity index is 1730. The van der Waals surface area contributed by atoms with Crippen LogP contribution in [0.25, 0.3) is 29.1 Å². The number of hydrogen-bond acceptors (Lipinski definition) is 2. The van der Waals surface area contributed by atoms with Crippen LogP contribution in [0, 0.1) is 39.5 Å². The third-order valence-electron chi connectivity index (χ3n) is 8.25. The SMILES string of the molecule is CCc1c(C)/c2[n-]/c1=C\c1[n-]c3c(c1C)C(=O)[C@H](C(=O)O)/C3=C1\C[C@H](C)/C(=C/c3[n-]c(c(C)c3C)\C=2)[N-]1.[Mg+2]. The number of ketones is 1. The van der Waals surface area contributed by atoms with Gasteiger partial charge in [-0.25, -0.2) is 0 Å². The summed E-state index contributed by atoms with van der Waals surface area (Å²) in [5.74, 6) is -2.80. The van der Waals surface area contributed by atoms with E-state index < -0.39 is 17.7 Å². The smallest absolute Gasteiger partial charge is 0.664 e. The summed E-state index contributed by atoms with van der Waals surface area (Å²) in [6.45, 7) is 12.2. The third-order valence-corrected chi connectivity index (χ3v) is 8.25. The minimum absolute atomic E-state index is 0. The Morgan fingerprint density at radius 3 is 2.21 bits per heavy atom. The van der Waals surface area contributed by atoms with Crippen LogP contribution < -0.4 is 25.7 Å². The summed E-state index contributed by atoms with van der Waals surface area (Å²) >= 11 is 0. The van der Waals surface area contributed by atoms with E-state index in [1.807, 2.05) is 25.2 Å². The van der Waals surface area contributed by atoms with E-state index in [1.165, 1.54) is 0 Å². The molecule has 0 radical (unpaired) electrons. The average Bonchev–Trinajstić information content (AvgIpc) is 3.59. The normalized spacial score (nSPS) is 24.6. The number of carboxylic acids is 1. The fourth-order valence-corrected chi connectivity index (χ4v) is 5.90. The topological polar surface area (TPSA) is 111 Å².